The van der Waals surface area contributed by atoms with Gasteiger partial charge in [-0.3, -0.25) is 4.79 Å². The Balaban J connectivity index is 1.82. The quantitative estimate of drug-likeness (QED) is 0.682. The number of nitrogens with zero attached hydrogens (tertiary/aromatic N) is 1. The predicted octanol–water partition coefficient (Wildman–Crippen LogP) is 4.73. The van der Waals surface area contributed by atoms with Crippen molar-refractivity contribution in [2.24, 2.45) is 0 Å². The van der Waals surface area contributed by atoms with Crippen molar-refractivity contribution in [1.29, 1.82) is 0 Å². The number of anilines is 3. The van der Waals surface area contributed by atoms with Crippen LogP contribution in [-0.2, 0) is 0 Å². The number of pyridine rings is 1. The zero-order valence-electron chi connectivity index (χ0n) is 12.2. The third kappa shape index (κ3) is 3.87. The van der Waals surface area contributed by atoms with Gasteiger partial charge in [0.15, 0.2) is 0 Å². The Labute approximate surface area is 139 Å². The van der Waals surface area contributed by atoms with Gasteiger partial charge in [-0.05, 0) is 36.4 Å². The molecule has 0 radical (unpaired) electrons. The van der Waals surface area contributed by atoms with Crippen LogP contribution in [0.1, 0.15) is 10.4 Å². The van der Waals surface area contributed by atoms with Crippen LogP contribution in [0.25, 0.3) is 0 Å². The minimum Gasteiger partial charge on any atom is -0.354 e. The summed E-state index contributed by atoms with van der Waals surface area (Å²) in [4.78, 5) is 16.2. The van der Waals surface area contributed by atoms with Crippen molar-refractivity contribution < 1.29 is 4.79 Å². The molecule has 5 heteroatoms. The molecule has 1 aromatic heterocycles. The molecule has 2 N–H and O–H groups in total. The summed E-state index contributed by atoms with van der Waals surface area (Å²) < 4.78 is 0. The molecule has 0 fully saturated rings. The first-order valence-electron chi connectivity index (χ1n) is 7.06. The summed E-state index contributed by atoms with van der Waals surface area (Å²) in [7, 11) is 0. The highest BCUT2D eigenvalue weighted by atomic mass is 35.5. The largest absolute Gasteiger partial charge is 0.354 e. The van der Waals surface area contributed by atoms with E-state index in [4.69, 9.17) is 11.6 Å². The standard InChI is InChI=1S/C18H14ClN3O/c19-17-12-13(10-11-20-17)18(23)22-16-9-5-4-8-15(16)21-14-6-2-1-3-7-14/h1-12,21H,(H,22,23). The molecule has 0 atom stereocenters. The molecular formula is C18H14ClN3O. The van der Waals surface area contributed by atoms with Crippen LogP contribution in [-0.4, -0.2) is 10.9 Å². The van der Waals surface area contributed by atoms with E-state index < -0.39 is 0 Å². The summed E-state index contributed by atoms with van der Waals surface area (Å²) in [5.74, 6) is -0.239. The molecule has 0 aliphatic rings. The van der Waals surface area contributed by atoms with Crippen molar-refractivity contribution in [3.05, 3.63) is 83.6 Å². The van der Waals surface area contributed by atoms with Gasteiger partial charge in [0.2, 0.25) is 0 Å². The van der Waals surface area contributed by atoms with E-state index in [-0.39, 0.29) is 11.1 Å². The monoisotopic (exact) mass is 323 g/mol. The Kier molecular flexibility index (Phi) is 4.54. The van der Waals surface area contributed by atoms with E-state index in [0.717, 1.165) is 11.4 Å². The van der Waals surface area contributed by atoms with Crippen molar-refractivity contribution in [1.82, 2.24) is 4.98 Å². The van der Waals surface area contributed by atoms with Crippen molar-refractivity contribution in [2.45, 2.75) is 0 Å². The maximum Gasteiger partial charge on any atom is 0.255 e. The highest BCUT2D eigenvalue weighted by Crippen LogP contribution is 2.25. The third-order valence-electron chi connectivity index (χ3n) is 3.22. The van der Waals surface area contributed by atoms with E-state index in [1.807, 2.05) is 54.6 Å². The normalized spacial score (nSPS) is 10.1. The average molecular weight is 324 g/mol. The summed E-state index contributed by atoms with van der Waals surface area (Å²) in [6.07, 6.45) is 1.51. The molecule has 0 aliphatic heterocycles. The van der Waals surface area contributed by atoms with Crippen molar-refractivity contribution in [3.8, 4) is 0 Å². The molecular weight excluding hydrogens is 310 g/mol. The number of rotatable bonds is 4. The summed E-state index contributed by atoms with van der Waals surface area (Å²) >= 11 is 5.83. The lowest BCUT2D eigenvalue weighted by molar-refractivity contribution is 0.102. The van der Waals surface area contributed by atoms with Crippen LogP contribution in [0.4, 0.5) is 17.1 Å². The van der Waals surface area contributed by atoms with E-state index in [1.54, 1.807) is 6.07 Å². The van der Waals surface area contributed by atoms with Crippen LogP contribution in [0, 0.1) is 0 Å². The molecule has 0 saturated heterocycles. The number of hydrogen-bond donors (Lipinski definition) is 2. The highest BCUT2D eigenvalue weighted by Gasteiger charge is 2.09. The van der Waals surface area contributed by atoms with Gasteiger partial charge in [0.05, 0.1) is 11.4 Å². The minimum atomic E-state index is -0.239. The van der Waals surface area contributed by atoms with E-state index in [2.05, 4.69) is 15.6 Å². The van der Waals surface area contributed by atoms with Gasteiger partial charge in [0.25, 0.3) is 5.91 Å². The first kappa shape index (κ1) is 15.1. The van der Waals surface area contributed by atoms with Crippen LogP contribution < -0.4 is 10.6 Å². The number of aromatic nitrogens is 1. The lowest BCUT2D eigenvalue weighted by atomic mass is 10.2. The van der Waals surface area contributed by atoms with Crippen molar-refractivity contribution in [2.75, 3.05) is 10.6 Å². The molecule has 0 spiro atoms. The molecule has 4 nitrogen and oxygen atoms in total. The molecule has 1 amide bonds. The lowest BCUT2D eigenvalue weighted by Gasteiger charge is -2.13. The number of hydrogen-bond acceptors (Lipinski definition) is 3. The zero-order chi connectivity index (χ0) is 16.1. The maximum absolute atomic E-state index is 12.3. The Bertz CT molecular complexity index is 821. The summed E-state index contributed by atoms with van der Waals surface area (Å²) in [6, 6.07) is 20.4. The molecule has 0 unspecified atom stereocenters. The van der Waals surface area contributed by atoms with Gasteiger partial charge < -0.3 is 10.6 Å². The van der Waals surface area contributed by atoms with Crippen molar-refractivity contribution in [3.63, 3.8) is 0 Å². The van der Waals surface area contributed by atoms with Crippen LogP contribution in [0.3, 0.4) is 0 Å². The molecule has 23 heavy (non-hydrogen) atoms. The molecule has 0 saturated carbocycles. The number of nitrogens with one attached hydrogen (secondary N) is 2. The Morgan fingerprint density at radius 3 is 2.35 bits per heavy atom. The topological polar surface area (TPSA) is 54.0 Å². The first-order chi connectivity index (χ1) is 11.2. The summed E-state index contributed by atoms with van der Waals surface area (Å²) in [5, 5.41) is 6.46. The molecule has 1 heterocycles. The van der Waals surface area contributed by atoms with Gasteiger partial charge in [0, 0.05) is 17.4 Å². The van der Waals surface area contributed by atoms with Gasteiger partial charge in [-0.25, -0.2) is 4.98 Å². The van der Waals surface area contributed by atoms with Gasteiger partial charge in [-0.2, -0.15) is 0 Å². The molecule has 114 valence electrons. The van der Waals surface area contributed by atoms with Crippen LogP contribution in [0.15, 0.2) is 72.9 Å². The van der Waals surface area contributed by atoms with Crippen LogP contribution in [0.5, 0.6) is 0 Å². The summed E-state index contributed by atoms with van der Waals surface area (Å²) in [5.41, 5.74) is 2.90. The second-order valence-electron chi connectivity index (χ2n) is 4.86. The number of halogens is 1. The number of benzene rings is 2. The zero-order valence-corrected chi connectivity index (χ0v) is 12.9. The van der Waals surface area contributed by atoms with Crippen LogP contribution in [0.2, 0.25) is 5.15 Å². The smallest absolute Gasteiger partial charge is 0.255 e. The summed E-state index contributed by atoms with van der Waals surface area (Å²) in [6.45, 7) is 0. The SMILES string of the molecule is O=C(Nc1ccccc1Nc1ccccc1)c1ccnc(Cl)c1. The maximum atomic E-state index is 12.3. The van der Waals surface area contributed by atoms with Gasteiger partial charge in [0.1, 0.15) is 5.15 Å². The second-order valence-corrected chi connectivity index (χ2v) is 5.25. The fourth-order valence-corrected chi connectivity index (χ4v) is 2.29. The van der Waals surface area contributed by atoms with E-state index in [1.165, 1.54) is 12.3 Å². The van der Waals surface area contributed by atoms with Gasteiger partial charge in [-0.15, -0.1) is 0 Å². The Morgan fingerprint density at radius 1 is 0.913 bits per heavy atom. The molecule has 3 rings (SSSR count). The average Bonchev–Trinajstić information content (AvgIpc) is 2.57. The van der Waals surface area contributed by atoms with Crippen LogP contribution >= 0.6 is 11.6 Å². The van der Waals surface area contributed by atoms with Crippen molar-refractivity contribution >= 4 is 34.6 Å². The predicted molar refractivity (Wildman–Crippen MR) is 93.4 cm³/mol. The fourth-order valence-electron chi connectivity index (χ4n) is 2.12. The number of amides is 1. The number of para-hydroxylation sites is 3. The Morgan fingerprint density at radius 2 is 1.61 bits per heavy atom. The van der Waals surface area contributed by atoms with Gasteiger partial charge >= 0.3 is 0 Å². The van der Waals surface area contributed by atoms with Gasteiger partial charge in [-0.1, -0.05) is 41.9 Å². The number of carbonyl (C=O) groups excluding carboxylic acids is 1. The molecule has 2 aromatic carbocycles. The van der Waals surface area contributed by atoms with E-state index in [9.17, 15) is 4.79 Å². The molecule has 3 aromatic rings. The Hall–Kier alpha value is -2.85. The highest BCUT2D eigenvalue weighted by molar-refractivity contribution is 6.29. The third-order valence-corrected chi connectivity index (χ3v) is 3.42. The minimum absolute atomic E-state index is 0.239. The second kappa shape index (κ2) is 6.94. The first-order valence-corrected chi connectivity index (χ1v) is 7.44. The molecule has 0 bridgehead atoms. The van der Waals surface area contributed by atoms with E-state index in [0.29, 0.717) is 11.3 Å². The number of carbonyl (C=O) groups is 1. The fraction of sp³-hybridized carbons (Fsp3) is 0. The van der Waals surface area contributed by atoms with E-state index >= 15 is 0 Å². The lowest BCUT2D eigenvalue weighted by Crippen LogP contribution is -2.13. The molecule has 0 aliphatic carbocycles.